The van der Waals surface area contributed by atoms with Gasteiger partial charge in [-0.3, -0.25) is 0 Å². The maximum Gasteiger partial charge on any atom is 0.335 e. The van der Waals surface area contributed by atoms with E-state index in [0.29, 0.717) is 11.1 Å². The SMILES string of the molecule is Cc1ccc(C(=O)O)cc1-c1cc(F)cc(C#N)c1. The zero-order valence-corrected chi connectivity index (χ0v) is 10.1. The quantitative estimate of drug-likeness (QED) is 0.894. The molecule has 4 heteroatoms. The Morgan fingerprint density at radius 1 is 1.26 bits per heavy atom. The largest absolute Gasteiger partial charge is 0.478 e. The lowest BCUT2D eigenvalue weighted by Crippen LogP contribution is -1.97. The second kappa shape index (κ2) is 4.91. The second-order valence-electron chi connectivity index (χ2n) is 4.18. The number of aryl methyl sites for hydroxylation is 1. The summed E-state index contributed by atoms with van der Waals surface area (Å²) < 4.78 is 13.4. The van der Waals surface area contributed by atoms with Crippen LogP contribution in [0.2, 0.25) is 0 Å². The Balaban J connectivity index is 2.64. The van der Waals surface area contributed by atoms with Crippen LogP contribution in [0.15, 0.2) is 36.4 Å². The molecule has 1 N–H and O–H groups in total. The van der Waals surface area contributed by atoms with Gasteiger partial charge in [0.25, 0.3) is 0 Å². The van der Waals surface area contributed by atoms with Crippen LogP contribution in [0.1, 0.15) is 21.5 Å². The summed E-state index contributed by atoms with van der Waals surface area (Å²) in [6, 6.07) is 10.5. The van der Waals surface area contributed by atoms with Crippen molar-refractivity contribution in [1.82, 2.24) is 0 Å². The Kier molecular flexibility index (Phi) is 3.30. The predicted molar refractivity (Wildman–Crippen MR) is 68.2 cm³/mol. The summed E-state index contributed by atoms with van der Waals surface area (Å²) in [6.07, 6.45) is 0. The zero-order valence-electron chi connectivity index (χ0n) is 10.1. The van der Waals surface area contributed by atoms with E-state index >= 15 is 0 Å². The smallest absolute Gasteiger partial charge is 0.335 e. The monoisotopic (exact) mass is 255 g/mol. The molecule has 0 atom stereocenters. The number of hydrogen-bond donors (Lipinski definition) is 1. The molecule has 0 spiro atoms. The average Bonchev–Trinajstić information content (AvgIpc) is 2.38. The topological polar surface area (TPSA) is 61.1 Å². The van der Waals surface area contributed by atoms with E-state index in [4.69, 9.17) is 10.4 Å². The summed E-state index contributed by atoms with van der Waals surface area (Å²) in [6.45, 7) is 1.80. The number of carbonyl (C=O) groups is 1. The molecule has 94 valence electrons. The van der Waals surface area contributed by atoms with Gasteiger partial charge in [-0.15, -0.1) is 0 Å². The number of nitriles is 1. The molecule has 2 rings (SSSR count). The number of benzene rings is 2. The number of hydrogen-bond acceptors (Lipinski definition) is 2. The third-order valence-electron chi connectivity index (χ3n) is 2.82. The molecular weight excluding hydrogens is 245 g/mol. The first-order chi connectivity index (χ1) is 9.01. The van der Waals surface area contributed by atoms with Gasteiger partial charge in [0.2, 0.25) is 0 Å². The van der Waals surface area contributed by atoms with Crippen molar-refractivity contribution in [2.75, 3.05) is 0 Å². The normalized spacial score (nSPS) is 9.95. The first kappa shape index (κ1) is 12.8. The van der Waals surface area contributed by atoms with E-state index in [1.807, 2.05) is 6.07 Å². The van der Waals surface area contributed by atoms with E-state index in [1.165, 1.54) is 24.3 Å². The highest BCUT2D eigenvalue weighted by Gasteiger charge is 2.10. The molecule has 2 aromatic rings. The maximum absolute atomic E-state index is 13.4. The number of carboxylic acid groups (broad SMARTS) is 1. The molecule has 19 heavy (non-hydrogen) atoms. The average molecular weight is 255 g/mol. The van der Waals surface area contributed by atoms with Crippen LogP contribution in [0.4, 0.5) is 4.39 Å². The van der Waals surface area contributed by atoms with Crippen LogP contribution >= 0.6 is 0 Å². The maximum atomic E-state index is 13.4. The summed E-state index contributed by atoms with van der Waals surface area (Å²) in [5.74, 6) is -1.56. The van der Waals surface area contributed by atoms with Crippen molar-refractivity contribution in [1.29, 1.82) is 5.26 Å². The van der Waals surface area contributed by atoms with E-state index in [-0.39, 0.29) is 11.1 Å². The summed E-state index contributed by atoms with van der Waals surface area (Å²) in [5.41, 5.74) is 2.26. The number of carboxylic acids is 1. The van der Waals surface area contributed by atoms with Crippen LogP contribution in [0.25, 0.3) is 11.1 Å². The standard InChI is InChI=1S/C15H10FNO2/c1-9-2-3-11(15(18)19)7-14(9)12-4-10(8-17)5-13(16)6-12/h2-7H,1H3,(H,18,19). The van der Waals surface area contributed by atoms with Crippen molar-refractivity contribution in [3.05, 3.63) is 58.9 Å². The molecule has 0 aliphatic heterocycles. The molecule has 0 heterocycles. The molecule has 3 nitrogen and oxygen atoms in total. The van der Waals surface area contributed by atoms with Crippen LogP contribution in [0, 0.1) is 24.1 Å². The highest BCUT2D eigenvalue weighted by Crippen LogP contribution is 2.26. The minimum atomic E-state index is -1.04. The molecule has 0 fully saturated rings. The van der Waals surface area contributed by atoms with Crippen molar-refractivity contribution >= 4 is 5.97 Å². The Hall–Kier alpha value is -2.67. The number of nitrogens with zero attached hydrogens (tertiary/aromatic N) is 1. The molecule has 0 aliphatic carbocycles. The fourth-order valence-corrected chi connectivity index (χ4v) is 1.88. The molecule has 0 saturated carbocycles. The van der Waals surface area contributed by atoms with Gasteiger partial charge in [-0.25, -0.2) is 9.18 Å². The molecule has 0 unspecified atom stereocenters. The molecule has 0 bridgehead atoms. The highest BCUT2D eigenvalue weighted by atomic mass is 19.1. The summed E-state index contributed by atoms with van der Waals surface area (Å²) in [5, 5.41) is 17.8. The van der Waals surface area contributed by atoms with Gasteiger partial charge < -0.3 is 5.11 Å². The Morgan fingerprint density at radius 2 is 2.00 bits per heavy atom. The van der Waals surface area contributed by atoms with Gasteiger partial charge in [0, 0.05) is 0 Å². The van der Waals surface area contributed by atoms with Crippen molar-refractivity contribution < 1.29 is 14.3 Å². The molecule has 0 saturated heterocycles. The second-order valence-corrected chi connectivity index (χ2v) is 4.18. The van der Waals surface area contributed by atoms with Crippen molar-refractivity contribution in [2.24, 2.45) is 0 Å². The first-order valence-corrected chi connectivity index (χ1v) is 5.56. The minimum Gasteiger partial charge on any atom is -0.478 e. The van der Waals surface area contributed by atoms with Crippen LogP contribution in [-0.4, -0.2) is 11.1 Å². The van der Waals surface area contributed by atoms with E-state index < -0.39 is 11.8 Å². The van der Waals surface area contributed by atoms with Crippen molar-refractivity contribution in [3.63, 3.8) is 0 Å². The lowest BCUT2D eigenvalue weighted by Gasteiger charge is -2.08. The van der Waals surface area contributed by atoms with Gasteiger partial charge in [0.15, 0.2) is 0 Å². The summed E-state index contributed by atoms with van der Waals surface area (Å²) in [7, 11) is 0. The summed E-state index contributed by atoms with van der Waals surface area (Å²) in [4.78, 5) is 11.0. The van der Waals surface area contributed by atoms with Gasteiger partial charge in [0.05, 0.1) is 17.2 Å². The zero-order chi connectivity index (χ0) is 14.0. The van der Waals surface area contributed by atoms with Gasteiger partial charge in [-0.05, 0) is 53.9 Å². The number of halogens is 1. The van der Waals surface area contributed by atoms with Gasteiger partial charge in [-0.2, -0.15) is 5.26 Å². The fraction of sp³-hybridized carbons (Fsp3) is 0.0667. The molecule has 0 aromatic heterocycles. The highest BCUT2D eigenvalue weighted by molar-refractivity contribution is 5.90. The predicted octanol–water partition coefficient (Wildman–Crippen LogP) is 3.37. The molecule has 0 aliphatic rings. The fourth-order valence-electron chi connectivity index (χ4n) is 1.88. The van der Waals surface area contributed by atoms with Crippen molar-refractivity contribution in [2.45, 2.75) is 6.92 Å². The number of rotatable bonds is 2. The molecule has 0 radical (unpaired) electrons. The molecular formula is C15H10FNO2. The molecule has 0 amide bonds. The Morgan fingerprint density at radius 3 is 2.63 bits per heavy atom. The van der Waals surface area contributed by atoms with Crippen LogP contribution < -0.4 is 0 Å². The lowest BCUT2D eigenvalue weighted by atomic mass is 9.97. The van der Waals surface area contributed by atoms with Crippen LogP contribution in [-0.2, 0) is 0 Å². The van der Waals surface area contributed by atoms with E-state index in [9.17, 15) is 9.18 Å². The third-order valence-corrected chi connectivity index (χ3v) is 2.82. The number of aromatic carboxylic acids is 1. The van der Waals surface area contributed by atoms with Crippen LogP contribution in [0.3, 0.4) is 0 Å². The Bertz CT molecular complexity index is 702. The van der Waals surface area contributed by atoms with Gasteiger partial charge in [0.1, 0.15) is 5.82 Å². The van der Waals surface area contributed by atoms with Crippen LogP contribution in [0.5, 0.6) is 0 Å². The third kappa shape index (κ3) is 2.61. The van der Waals surface area contributed by atoms with Gasteiger partial charge >= 0.3 is 5.97 Å². The first-order valence-electron chi connectivity index (χ1n) is 5.56. The van der Waals surface area contributed by atoms with E-state index in [0.717, 1.165) is 11.6 Å². The molecule has 2 aromatic carbocycles. The van der Waals surface area contributed by atoms with E-state index in [2.05, 4.69) is 0 Å². The lowest BCUT2D eigenvalue weighted by molar-refractivity contribution is 0.0697. The van der Waals surface area contributed by atoms with E-state index in [1.54, 1.807) is 13.0 Å². The minimum absolute atomic E-state index is 0.128. The van der Waals surface area contributed by atoms with Crippen molar-refractivity contribution in [3.8, 4) is 17.2 Å². The Labute approximate surface area is 109 Å². The summed E-state index contributed by atoms with van der Waals surface area (Å²) >= 11 is 0. The van der Waals surface area contributed by atoms with Gasteiger partial charge in [-0.1, -0.05) is 6.07 Å².